The zero-order valence-corrected chi connectivity index (χ0v) is 27.0. The van der Waals surface area contributed by atoms with Gasteiger partial charge in [-0.1, -0.05) is 72.8 Å². The molecule has 6 rings (SSSR count). The Morgan fingerprint density at radius 1 is 0.875 bits per heavy atom. The molecule has 1 atom stereocenters. The van der Waals surface area contributed by atoms with Crippen LogP contribution in [0.25, 0.3) is 0 Å². The molecule has 1 unspecified atom stereocenters. The Morgan fingerprint density at radius 3 is 2.33 bits per heavy atom. The van der Waals surface area contributed by atoms with Crippen LogP contribution in [0.5, 0.6) is 11.5 Å². The molecule has 48 heavy (non-hydrogen) atoms. The third-order valence-corrected chi connectivity index (χ3v) is 8.97. The highest BCUT2D eigenvalue weighted by molar-refractivity contribution is 7.14. The van der Waals surface area contributed by atoms with E-state index in [2.05, 4.69) is 5.32 Å². The van der Waals surface area contributed by atoms with Crippen LogP contribution in [0.4, 0.5) is 4.39 Å². The summed E-state index contributed by atoms with van der Waals surface area (Å²) in [6.45, 7) is 2.35. The molecule has 0 fully saturated rings. The van der Waals surface area contributed by atoms with Crippen LogP contribution in [-0.4, -0.2) is 29.3 Å². The van der Waals surface area contributed by atoms with Crippen molar-refractivity contribution in [3.8, 4) is 11.5 Å². The molecule has 0 aliphatic carbocycles. The van der Waals surface area contributed by atoms with Crippen LogP contribution in [-0.2, 0) is 35.8 Å². The van der Waals surface area contributed by atoms with E-state index in [9.17, 15) is 18.8 Å². The monoisotopic (exact) mass is 664 g/mol. The van der Waals surface area contributed by atoms with E-state index in [1.165, 1.54) is 28.4 Å². The molecule has 0 spiro atoms. The normalized spacial score (nSPS) is 14.4. The van der Waals surface area contributed by atoms with Gasteiger partial charge in [-0.05, 0) is 54.4 Å². The fourth-order valence-electron chi connectivity index (χ4n) is 5.47. The number of hydrogen-bond acceptors (Lipinski definition) is 7. The molecule has 10 heteroatoms. The number of benzene rings is 4. The first kappa shape index (κ1) is 32.5. The third-order valence-electron chi connectivity index (χ3n) is 7.84. The van der Waals surface area contributed by atoms with Crippen molar-refractivity contribution in [2.24, 2.45) is 0 Å². The highest BCUT2D eigenvalue weighted by atomic mass is 32.1. The molecule has 1 aliphatic heterocycles. The Labute approximate surface area is 281 Å². The summed E-state index contributed by atoms with van der Waals surface area (Å²) in [5.74, 6) is -0.973. The van der Waals surface area contributed by atoms with Crippen molar-refractivity contribution in [3.05, 3.63) is 153 Å². The number of fused-ring (bicyclic) bond motifs is 3. The number of nitrogens with one attached hydrogen (secondary N) is 1. The molecule has 0 radical (unpaired) electrons. The van der Waals surface area contributed by atoms with E-state index in [0.717, 1.165) is 16.0 Å². The second-order valence-electron chi connectivity index (χ2n) is 11.1. The van der Waals surface area contributed by atoms with E-state index >= 15 is 0 Å². The number of rotatable bonds is 7. The smallest absolute Gasteiger partial charge is 0.348 e. The van der Waals surface area contributed by atoms with Gasteiger partial charge in [-0.3, -0.25) is 9.59 Å². The quantitative estimate of drug-likeness (QED) is 0.185. The minimum absolute atomic E-state index is 0.0702. The van der Waals surface area contributed by atoms with Gasteiger partial charge >= 0.3 is 5.97 Å². The van der Waals surface area contributed by atoms with Crippen molar-refractivity contribution < 1.29 is 33.0 Å². The second kappa shape index (κ2) is 15.0. The summed E-state index contributed by atoms with van der Waals surface area (Å²) >= 11 is 1.25. The van der Waals surface area contributed by atoms with E-state index in [1.54, 1.807) is 73.7 Å². The lowest BCUT2D eigenvalue weighted by molar-refractivity contribution is -0.126. The van der Waals surface area contributed by atoms with Gasteiger partial charge in [0.1, 0.15) is 41.4 Å². The van der Waals surface area contributed by atoms with Crippen LogP contribution < -0.4 is 14.8 Å². The van der Waals surface area contributed by atoms with Crippen LogP contribution in [0.3, 0.4) is 0 Å². The maximum Gasteiger partial charge on any atom is 0.348 e. The summed E-state index contributed by atoms with van der Waals surface area (Å²) < 4.78 is 31.5. The van der Waals surface area contributed by atoms with Gasteiger partial charge in [0.05, 0.1) is 12.2 Å². The van der Waals surface area contributed by atoms with E-state index in [-0.39, 0.29) is 44.3 Å². The van der Waals surface area contributed by atoms with Crippen LogP contribution >= 0.6 is 11.3 Å². The van der Waals surface area contributed by atoms with E-state index < -0.39 is 23.8 Å². The highest BCUT2D eigenvalue weighted by Gasteiger charge is 2.35. The molecule has 8 nitrogen and oxygen atoms in total. The fraction of sp³-hybridized carbons (Fsp3) is 0.184. The molecule has 2 heterocycles. The molecule has 1 N–H and O–H groups in total. The SMILES string of the molecule is CCOC(=O)c1cc2c(s1)COc1ccccc1C(C(=O)NCc1ccc(F)cc1)N(Cc1ccccc1)C(=O)c1ccccc1OC2. The Hall–Kier alpha value is -5.48. The first-order valence-electron chi connectivity index (χ1n) is 15.5. The minimum atomic E-state index is -1.14. The molecule has 4 aromatic carbocycles. The van der Waals surface area contributed by atoms with Crippen molar-refractivity contribution in [3.63, 3.8) is 0 Å². The number of carbonyl (C=O) groups excluding carboxylic acids is 3. The first-order valence-corrected chi connectivity index (χ1v) is 16.3. The molecule has 1 aromatic heterocycles. The number of esters is 1. The zero-order valence-electron chi connectivity index (χ0n) is 26.2. The van der Waals surface area contributed by atoms with Crippen molar-refractivity contribution in [2.45, 2.75) is 39.3 Å². The number of thiophene rings is 1. The van der Waals surface area contributed by atoms with Gasteiger partial charge < -0.3 is 24.4 Å². The minimum Gasteiger partial charge on any atom is -0.488 e. The molecule has 0 saturated heterocycles. The average molecular weight is 665 g/mol. The Morgan fingerprint density at radius 2 is 1.56 bits per heavy atom. The maximum absolute atomic E-state index is 14.7. The molecule has 2 amide bonds. The summed E-state index contributed by atoms with van der Waals surface area (Å²) in [7, 11) is 0. The summed E-state index contributed by atoms with van der Waals surface area (Å²) in [6, 6.07) is 29.9. The fourth-order valence-corrected chi connectivity index (χ4v) is 6.45. The summed E-state index contributed by atoms with van der Waals surface area (Å²) in [6.07, 6.45) is 0. The Bertz CT molecular complexity index is 1910. The molecular formula is C38H33FN2O6S. The van der Waals surface area contributed by atoms with E-state index in [4.69, 9.17) is 14.2 Å². The molecule has 5 aromatic rings. The number of carbonyl (C=O) groups is 3. The van der Waals surface area contributed by atoms with Crippen molar-refractivity contribution in [1.82, 2.24) is 10.2 Å². The molecule has 0 saturated carbocycles. The highest BCUT2D eigenvalue weighted by Crippen LogP contribution is 2.36. The average Bonchev–Trinajstić information content (AvgIpc) is 3.53. The largest absolute Gasteiger partial charge is 0.488 e. The summed E-state index contributed by atoms with van der Waals surface area (Å²) in [5.41, 5.74) is 2.97. The number of para-hydroxylation sites is 2. The van der Waals surface area contributed by atoms with Gasteiger partial charge in [0.2, 0.25) is 5.91 Å². The summed E-state index contributed by atoms with van der Waals surface area (Å²) in [4.78, 5) is 44.4. The summed E-state index contributed by atoms with van der Waals surface area (Å²) in [5, 5.41) is 2.97. The lowest BCUT2D eigenvalue weighted by Crippen LogP contribution is -2.43. The van der Waals surface area contributed by atoms with Gasteiger partial charge in [0.25, 0.3) is 5.91 Å². The maximum atomic E-state index is 14.7. The van der Waals surface area contributed by atoms with Crippen LogP contribution in [0.15, 0.2) is 109 Å². The third kappa shape index (κ3) is 7.39. The number of ether oxygens (including phenoxy) is 3. The lowest BCUT2D eigenvalue weighted by Gasteiger charge is -2.33. The van der Waals surface area contributed by atoms with Gasteiger partial charge in [-0.25, -0.2) is 9.18 Å². The van der Waals surface area contributed by atoms with Gasteiger partial charge in [-0.2, -0.15) is 0 Å². The Balaban J connectivity index is 1.47. The zero-order chi connectivity index (χ0) is 33.5. The molecule has 0 bridgehead atoms. The first-order chi connectivity index (χ1) is 23.4. The lowest BCUT2D eigenvalue weighted by atomic mass is 10.00. The number of halogens is 1. The topological polar surface area (TPSA) is 94.2 Å². The predicted molar refractivity (Wildman–Crippen MR) is 179 cm³/mol. The van der Waals surface area contributed by atoms with Crippen molar-refractivity contribution in [1.29, 1.82) is 0 Å². The Kier molecular flexibility index (Phi) is 10.1. The van der Waals surface area contributed by atoms with Crippen LogP contribution in [0.1, 0.15) is 60.1 Å². The van der Waals surface area contributed by atoms with Gasteiger partial charge in [-0.15, -0.1) is 11.3 Å². The van der Waals surface area contributed by atoms with Crippen LogP contribution in [0.2, 0.25) is 0 Å². The molecule has 1 aliphatic rings. The predicted octanol–water partition coefficient (Wildman–Crippen LogP) is 7.24. The number of amides is 2. The van der Waals surface area contributed by atoms with Gasteiger partial charge in [0.15, 0.2) is 0 Å². The van der Waals surface area contributed by atoms with Gasteiger partial charge in [0, 0.05) is 29.1 Å². The van der Waals surface area contributed by atoms with E-state index in [1.807, 2.05) is 30.3 Å². The number of nitrogens with zero attached hydrogens (tertiary/aromatic N) is 1. The van der Waals surface area contributed by atoms with Crippen molar-refractivity contribution >= 4 is 29.1 Å². The second-order valence-corrected chi connectivity index (χ2v) is 12.2. The molecule has 244 valence electrons. The number of hydrogen-bond donors (Lipinski definition) is 1. The standard InChI is InChI=1S/C38H33FN2O6S/c1-2-45-38(44)33-20-27-23-46-32-15-9-7-13-30(32)37(43)41(22-26-10-4-3-5-11-26)35(36(42)40-21-25-16-18-28(39)19-17-25)29-12-6-8-14-31(29)47-24-34(27)48-33/h3-20,35H,2,21-24H2,1H3,(H,40,42). The van der Waals surface area contributed by atoms with Crippen LogP contribution in [0, 0.1) is 5.82 Å². The van der Waals surface area contributed by atoms with E-state index in [0.29, 0.717) is 27.5 Å². The van der Waals surface area contributed by atoms with Crippen molar-refractivity contribution in [2.75, 3.05) is 6.61 Å². The molecular weight excluding hydrogens is 631 g/mol.